The van der Waals surface area contributed by atoms with Crippen LogP contribution in [0.2, 0.25) is 0 Å². The smallest absolute Gasteiger partial charge is 0.328 e. The summed E-state index contributed by atoms with van der Waals surface area (Å²) < 4.78 is 27.4. The van der Waals surface area contributed by atoms with Gasteiger partial charge < -0.3 is 9.64 Å². The Bertz CT molecular complexity index is 444. The molecule has 2 aliphatic rings. The Balaban J connectivity index is 2.17. The van der Waals surface area contributed by atoms with Crippen molar-refractivity contribution >= 4 is 21.7 Å². The molecule has 0 aliphatic carbocycles. The van der Waals surface area contributed by atoms with Gasteiger partial charge in [0.15, 0.2) is 9.84 Å². The van der Waals surface area contributed by atoms with E-state index in [1.165, 1.54) is 12.0 Å². The minimum absolute atomic E-state index is 0.0355. The van der Waals surface area contributed by atoms with Gasteiger partial charge in [-0.2, -0.15) is 0 Å². The summed E-state index contributed by atoms with van der Waals surface area (Å²) in [5, 5.41) is 0. The topological polar surface area (TPSA) is 80.8 Å². The van der Waals surface area contributed by atoms with Gasteiger partial charge in [0.1, 0.15) is 6.04 Å². The van der Waals surface area contributed by atoms with E-state index in [-0.39, 0.29) is 29.9 Å². The first-order valence-electron chi connectivity index (χ1n) is 5.54. The molecule has 0 aromatic heterocycles. The van der Waals surface area contributed by atoms with E-state index < -0.39 is 21.8 Å². The van der Waals surface area contributed by atoms with Crippen LogP contribution in [0.5, 0.6) is 0 Å². The van der Waals surface area contributed by atoms with Crippen molar-refractivity contribution in [3.05, 3.63) is 0 Å². The van der Waals surface area contributed by atoms with E-state index in [1.807, 2.05) is 0 Å². The Morgan fingerprint density at radius 3 is 2.65 bits per heavy atom. The molecule has 1 amide bonds. The molecule has 2 aliphatic heterocycles. The van der Waals surface area contributed by atoms with Gasteiger partial charge in [-0.1, -0.05) is 0 Å². The molecule has 0 aromatic rings. The number of carbonyl (C=O) groups excluding carboxylic acids is 2. The Kier molecular flexibility index (Phi) is 3.11. The molecule has 2 unspecified atom stereocenters. The standard InChI is InChI=1S/C10H15NO5S/c1-16-10(13)8-2-3-9(12)11(8)7-4-5-17(14,15)6-7/h7-8H,2-6H2,1H3. The predicted molar refractivity (Wildman–Crippen MR) is 58.9 cm³/mol. The molecular formula is C10H15NO5S. The fraction of sp³-hybridized carbons (Fsp3) is 0.800. The van der Waals surface area contributed by atoms with Crippen molar-refractivity contribution in [3.63, 3.8) is 0 Å². The number of amides is 1. The SMILES string of the molecule is COC(=O)C1CCC(=O)N1C1CCS(=O)(=O)C1. The van der Waals surface area contributed by atoms with Crippen LogP contribution in [0.1, 0.15) is 19.3 Å². The third kappa shape index (κ3) is 2.29. The van der Waals surface area contributed by atoms with Crippen molar-refractivity contribution in [1.29, 1.82) is 0 Å². The van der Waals surface area contributed by atoms with Gasteiger partial charge in [0.25, 0.3) is 0 Å². The average molecular weight is 261 g/mol. The van der Waals surface area contributed by atoms with Crippen LogP contribution in [0.15, 0.2) is 0 Å². The van der Waals surface area contributed by atoms with E-state index in [9.17, 15) is 18.0 Å². The van der Waals surface area contributed by atoms with Crippen LogP contribution in [-0.2, 0) is 24.2 Å². The third-order valence-corrected chi connectivity index (χ3v) is 5.08. The van der Waals surface area contributed by atoms with Gasteiger partial charge in [0.2, 0.25) is 5.91 Å². The summed E-state index contributed by atoms with van der Waals surface area (Å²) in [6.07, 6.45) is 1.12. The normalized spacial score (nSPS) is 31.8. The number of esters is 1. The first-order chi connectivity index (χ1) is 7.94. The molecule has 17 heavy (non-hydrogen) atoms. The molecule has 0 saturated carbocycles. The molecule has 7 heteroatoms. The number of likely N-dealkylation sites (tertiary alicyclic amines) is 1. The highest BCUT2D eigenvalue weighted by Crippen LogP contribution is 2.28. The quantitative estimate of drug-likeness (QED) is 0.616. The predicted octanol–water partition coefficient (Wildman–Crippen LogP) is -0.662. The zero-order chi connectivity index (χ0) is 12.6. The number of hydrogen-bond donors (Lipinski definition) is 0. The molecule has 0 bridgehead atoms. The lowest BCUT2D eigenvalue weighted by Crippen LogP contribution is -2.46. The van der Waals surface area contributed by atoms with E-state index in [1.54, 1.807) is 0 Å². The van der Waals surface area contributed by atoms with E-state index in [4.69, 9.17) is 0 Å². The van der Waals surface area contributed by atoms with Gasteiger partial charge in [-0.05, 0) is 12.8 Å². The molecule has 0 aromatic carbocycles. The Morgan fingerprint density at radius 1 is 1.41 bits per heavy atom. The van der Waals surface area contributed by atoms with Gasteiger partial charge in [0, 0.05) is 12.5 Å². The molecule has 0 N–H and O–H groups in total. The molecule has 2 rings (SSSR count). The minimum Gasteiger partial charge on any atom is -0.467 e. The van der Waals surface area contributed by atoms with Crippen LogP contribution in [0, 0.1) is 0 Å². The van der Waals surface area contributed by atoms with Crippen LogP contribution < -0.4 is 0 Å². The lowest BCUT2D eigenvalue weighted by atomic mass is 10.1. The van der Waals surface area contributed by atoms with Crippen LogP contribution in [0.3, 0.4) is 0 Å². The summed E-state index contributed by atoms with van der Waals surface area (Å²) >= 11 is 0. The van der Waals surface area contributed by atoms with Crippen LogP contribution >= 0.6 is 0 Å². The second-order valence-corrected chi connectivity index (χ2v) is 6.66. The van der Waals surface area contributed by atoms with Crippen molar-refractivity contribution in [3.8, 4) is 0 Å². The fourth-order valence-corrected chi connectivity index (χ4v) is 4.23. The van der Waals surface area contributed by atoms with Crippen molar-refractivity contribution in [2.24, 2.45) is 0 Å². The summed E-state index contributed by atoms with van der Waals surface area (Å²) in [6, 6.07) is -0.968. The molecular weight excluding hydrogens is 246 g/mol. The van der Waals surface area contributed by atoms with Crippen LogP contribution in [-0.4, -0.2) is 55.9 Å². The zero-order valence-corrected chi connectivity index (χ0v) is 10.4. The van der Waals surface area contributed by atoms with E-state index in [2.05, 4.69) is 4.74 Å². The van der Waals surface area contributed by atoms with Crippen molar-refractivity contribution in [2.45, 2.75) is 31.3 Å². The number of methoxy groups -OCH3 is 1. The summed E-state index contributed by atoms with van der Waals surface area (Å²) in [4.78, 5) is 24.7. The third-order valence-electron chi connectivity index (χ3n) is 3.33. The Hall–Kier alpha value is -1.11. The van der Waals surface area contributed by atoms with E-state index >= 15 is 0 Å². The van der Waals surface area contributed by atoms with Crippen LogP contribution in [0.4, 0.5) is 0 Å². The maximum absolute atomic E-state index is 11.7. The molecule has 0 spiro atoms. The van der Waals surface area contributed by atoms with Crippen molar-refractivity contribution in [2.75, 3.05) is 18.6 Å². The summed E-state index contributed by atoms with van der Waals surface area (Å²) in [5.74, 6) is -0.552. The largest absolute Gasteiger partial charge is 0.467 e. The summed E-state index contributed by atoms with van der Waals surface area (Å²) in [7, 11) is -1.79. The Morgan fingerprint density at radius 2 is 2.12 bits per heavy atom. The summed E-state index contributed by atoms with van der Waals surface area (Å²) in [6.45, 7) is 0. The zero-order valence-electron chi connectivity index (χ0n) is 9.59. The average Bonchev–Trinajstić information content (AvgIpc) is 2.80. The molecule has 2 fully saturated rings. The molecule has 96 valence electrons. The number of carbonyl (C=O) groups is 2. The first-order valence-corrected chi connectivity index (χ1v) is 7.36. The molecule has 2 atom stereocenters. The van der Waals surface area contributed by atoms with Gasteiger partial charge in [-0.15, -0.1) is 0 Å². The molecule has 6 nitrogen and oxygen atoms in total. The van der Waals surface area contributed by atoms with Gasteiger partial charge >= 0.3 is 5.97 Å². The lowest BCUT2D eigenvalue weighted by molar-refractivity contribution is -0.150. The second-order valence-electron chi connectivity index (χ2n) is 4.44. The number of hydrogen-bond acceptors (Lipinski definition) is 5. The van der Waals surface area contributed by atoms with Crippen molar-refractivity contribution < 1.29 is 22.7 Å². The molecule has 0 radical (unpaired) electrons. The maximum atomic E-state index is 11.7. The molecule has 2 saturated heterocycles. The maximum Gasteiger partial charge on any atom is 0.328 e. The van der Waals surface area contributed by atoms with E-state index in [0.717, 1.165) is 0 Å². The monoisotopic (exact) mass is 261 g/mol. The first kappa shape index (κ1) is 12.3. The lowest BCUT2D eigenvalue weighted by Gasteiger charge is -2.28. The second kappa shape index (κ2) is 4.29. The number of sulfone groups is 1. The van der Waals surface area contributed by atoms with E-state index in [0.29, 0.717) is 12.8 Å². The van der Waals surface area contributed by atoms with Gasteiger partial charge in [0.05, 0.1) is 18.6 Å². The Labute approximate surface area is 99.8 Å². The van der Waals surface area contributed by atoms with Gasteiger partial charge in [-0.3, -0.25) is 4.79 Å². The summed E-state index contributed by atoms with van der Waals surface area (Å²) in [5.41, 5.74) is 0. The van der Waals surface area contributed by atoms with Gasteiger partial charge in [-0.25, -0.2) is 13.2 Å². The van der Waals surface area contributed by atoms with Crippen molar-refractivity contribution in [1.82, 2.24) is 4.90 Å². The highest BCUT2D eigenvalue weighted by atomic mass is 32.2. The highest BCUT2D eigenvalue weighted by molar-refractivity contribution is 7.91. The number of nitrogens with zero attached hydrogens (tertiary/aromatic N) is 1. The number of rotatable bonds is 2. The number of ether oxygens (including phenoxy) is 1. The van der Waals surface area contributed by atoms with Crippen LogP contribution in [0.25, 0.3) is 0 Å². The fourth-order valence-electron chi connectivity index (χ4n) is 2.52. The highest BCUT2D eigenvalue weighted by Gasteiger charge is 2.44. The minimum atomic E-state index is -3.06. The molecule has 2 heterocycles.